The van der Waals surface area contributed by atoms with Gasteiger partial charge in [-0.2, -0.15) is 0 Å². The van der Waals surface area contributed by atoms with E-state index in [1.165, 1.54) is 33.4 Å². The number of imidazole rings is 1. The minimum Gasteiger partial charge on any atom is -0.463 e. The van der Waals surface area contributed by atoms with Gasteiger partial charge in [-0.25, -0.2) is 15.0 Å². The third kappa shape index (κ3) is 4.40. The molecule has 162 valence electrons. The summed E-state index contributed by atoms with van der Waals surface area (Å²) >= 11 is 0. The van der Waals surface area contributed by atoms with Gasteiger partial charge >= 0.3 is 17.9 Å². The summed E-state index contributed by atoms with van der Waals surface area (Å²) in [5, 5.41) is 0. The fourth-order valence-corrected chi connectivity index (χ4v) is 3.40. The molecular weight excluding hydrogens is 396 g/mol. The lowest BCUT2D eigenvalue weighted by Crippen LogP contribution is -2.40. The van der Waals surface area contributed by atoms with Crippen LogP contribution >= 0.6 is 0 Å². The van der Waals surface area contributed by atoms with E-state index in [0.29, 0.717) is 11.2 Å². The van der Waals surface area contributed by atoms with Crippen LogP contribution in [0.4, 0.5) is 0 Å². The minimum absolute atomic E-state index is 0.109. The number of hydrogen-bond donors (Lipinski definition) is 0. The molecule has 0 aliphatic carbocycles. The van der Waals surface area contributed by atoms with Crippen LogP contribution in [0.15, 0.2) is 12.7 Å². The molecule has 3 rings (SSSR count). The molecule has 2 aromatic heterocycles. The van der Waals surface area contributed by atoms with Gasteiger partial charge < -0.3 is 18.9 Å². The Morgan fingerprint density at radius 3 is 2.30 bits per heavy atom. The molecule has 1 saturated heterocycles. The van der Waals surface area contributed by atoms with Crippen LogP contribution < -0.4 is 0 Å². The lowest BCUT2D eigenvalue weighted by atomic mass is 10.1. The third-order valence-electron chi connectivity index (χ3n) is 4.55. The molecule has 2 aromatic rings. The van der Waals surface area contributed by atoms with Crippen molar-refractivity contribution in [3.05, 3.63) is 18.3 Å². The lowest BCUT2D eigenvalue weighted by molar-refractivity contribution is -0.166. The van der Waals surface area contributed by atoms with E-state index in [0.717, 1.165) is 5.69 Å². The Morgan fingerprint density at radius 1 is 1.03 bits per heavy atom. The summed E-state index contributed by atoms with van der Waals surface area (Å²) in [7, 11) is 0. The van der Waals surface area contributed by atoms with Crippen molar-refractivity contribution in [2.45, 2.75) is 65.1 Å². The highest BCUT2D eigenvalue weighted by molar-refractivity contribution is 5.74. The van der Waals surface area contributed by atoms with Gasteiger partial charge in [0.15, 0.2) is 24.1 Å². The maximum atomic E-state index is 11.8. The predicted octanol–water partition coefficient (Wildman–Crippen LogP) is 1.27. The topological polar surface area (TPSA) is 132 Å². The molecule has 3 heterocycles. The van der Waals surface area contributed by atoms with Gasteiger partial charge in [0.25, 0.3) is 0 Å². The maximum absolute atomic E-state index is 11.8. The van der Waals surface area contributed by atoms with Crippen LogP contribution in [0.25, 0.3) is 11.2 Å². The van der Waals surface area contributed by atoms with E-state index in [-0.39, 0.29) is 12.5 Å². The van der Waals surface area contributed by atoms with E-state index in [1.54, 1.807) is 4.57 Å². The predicted molar refractivity (Wildman–Crippen MR) is 101 cm³/mol. The summed E-state index contributed by atoms with van der Waals surface area (Å²) in [4.78, 5) is 47.7. The number of rotatable bonds is 6. The molecule has 0 bridgehead atoms. The number of fused-ring (bicyclic) bond motifs is 1. The van der Waals surface area contributed by atoms with Crippen molar-refractivity contribution in [1.29, 1.82) is 0 Å². The molecule has 0 N–H and O–H groups in total. The van der Waals surface area contributed by atoms with Crippen LogP contribution in [0, 0.1) is 0 Å². The van der Waals surface area contributed by atoms with Gasteiger partial charge in [-0.3, -0.25) is 19.0 Å². The number of aromatic nitrogens is 4. The van der Waals surface area contributed by atoms with Crippen LogP contribution in [0.1, 0.15) is 52.5 Å². The molecule has 4 atom stereocenters. The SMILES string of the molecule is CC(=O)OC[C@H]1O[C@@H](n2cnc3c(C(C)C)ncnc32)[C@H](OC(C)=O)[C@@H]1OC(C)=O. The summed E-state index contributed by atoms with van der Waals surface area (Å²) in [6, 6.07) is 0. The van der Waals surface area contributed by atoms with Crippen molar-refractivity contribution in [3.63, 3.8) is 0 Å². The zero-order valence-corrected chi connectivity index (χ0v) is 17.4. The molecule has 1 fully saturated rings. The second kappa shape index (κ2) is 8.74. The van der Waals surface area contributed by atoms with Gasteiger partial charge in [0, 0.05) is 20.8 Å². The van der Waals surface area contributed by atoms with Crippen molar-refractivity contribution >= 4 is 29.1 Å². The van der Waals surface area contributed by atoms with Crippen molar-refractivity contribution in [3.8, 4) is 0 Å². The smallest absolute Gasteiger partial charge is 0.303 e. The summed E-state index contributed by atoms with van der Waals surface area (Å²) < 4.78 is 23.5. The van der Waals surface area contributed by atoms with Crippen LogP contribution in [0.2, 0.25) is 0 Å². The monoisotopic (exact) mass is 420 g/mol. The molecule has 0 saturated carbocycles. The highest BCUT2D eigenvalue weighted by atomic mass is 16.7. The first kappa shape index (κ1) is 21.6. The highest BCUT2D eigenvalue weighted by Crippen LogP contribution is 2.36. The fourth-order valence-electron chi connectivity index (χ4n) is 3.40. The minimum atomic E-state index is -0.998. The molecular formula is C19H24N4O7. The van der Waals surface area contributed by atoms with Crippen LogP contribution in [0.3, 0.4) is 0 Å². The van der Waals surface area contributed by atoms with Crippen LogP contribution in [-0.4, -0.2) is 62.3 Å². The number of carbonyl (C=O) groups excluding carboxylic acids is 3. The van der Waals surface area contributed by atoms with Gasteiger partial charge in [-0.1, -0.05) is 13.8 Å². The molecule has 11 heteroatoms. The Balaban J connectivity index is 2.03. The Morgan fingerprint density at radius 2 is 1.70 bits per heavy atom. The van der Waals surface area contributed by atoms with E-state index in [9.17, 15) is 14.4 Å². The Bertz CT molecular complexity index is 958. The van der Waals surface area contributed by atoms with Gasteiger partial charge in [-0.15, -0.1) is 0 Å². The van der Waals surface area contributed by atoms with Crippen molar-refractivity contribution in [1.82, 2.24) is 19.5 Å². The number of esters is 3. The zero-order chi connectivity index (χ0) is 22.0. The lowest BCUT2D eigenvalue weighted by Gasteiger charge is -2.23. The number of hydrogen-bond acceptors (Lipinski definition) is 10. The summed E-state index contributed by atoms with van der Waals surface area (Å²) in [6.07, 6.45) is -0.812. The molecule has 11 nitrogen and oxygen atoms in total. The van der Waals surface area contributed by atoms with Crippen LogP contribution in [0.5, 0.6) is 0 Å². The van der Waals surface area contributed by atoms with E-state index in [4.69, 9.17) is 18.9 Å². The van der Waals surface area contributed by atoms with E-state index in [1.807, 2.05) is 13.8 Å². The molecule has 0 aromatic carbocycles. The zero-order valence-electron chi connectivity index (χ0n) is 17.4. The average Bonchev–Trinajstić information content (AvgIpc) is 3.21. The Labute approximate surface area is 172 Å². The summed E-state index contributed by atoms with van der Waals surface area (Å²) in [5.74, 6) is -1.58. The molecule has 30 heavy (non-hydrogen) atoms. The first-order valence-corrected chi connectivity index (χ1v) is 9.49. The number of carbonyl (C=O) groups is 3. The van der Waals surface area contributed by atoms with Gasteiger partial charge in [0.1, 0.15) is 24.6 Å². The third-order valence-corrected chi connectivity index (χ3v) is 4.55. The van der Waals surface area contributed by atoms with Crippen molar-refractivity contribution < 1.29 is 33.3 Å². The Kier molecular flexibility index (Phi) is 6.30. The largest absolute Gasteiger partial charge is 0.463 e. The van der Waals surface area contributed by atoms with Crippen molar-refractivity contribution in [2.24, 2.45) is 0 Å². The second-order valence-electron chi connectivity index (χ2n) is 7.25. The molecule has 1 aliphatic rings. The van der Waals surface area contributed by atoms with Crippen molar-refractivity contribution in [2.75, 3.05) is 6.61 Å². The highest BCUT2D eigenvalue weighted by Gasteiger charge is 2.51. The van der Waals surface area contributed by atoms with Crippen LogP contribution in [-0.2, 0) is 33.3 Å². The number of nitrogens with zero attached hydrogens (tertiary/aromatic N) is 4. The summed E-state index contributed by atoms with van der Waals surface area (Å²) in [6.45, 7) is 7.52. The first-order valence-electron chi connectivity index (χ1n) is 9.49. The Hall–Kier alpha value is -3.08. The van der Waals surface area contributed by atoms with E-state index >= 15 is 0 Å². The number of ether oxygens (including phenoxy) is 4. The maximum Gasteiger partial charge on any atom is 0.303 e. The second-order valence-corrected chi connectivity index (χ2v) is 7.25. The quantitative estimate of drug-likeness (QED) is 0.497. The fraction of sp³-hybridized carbons (Fsp3) is 0.579. The van der Waals surface area contributed by atoms with Gasteiger partial charge in [0.2, 0.25) is 0 Å². The normalized spacial score (nSPS) is 23.5. The first-order chi connectivity index (χ1) is 14.2. The summed E-state index contributed by atoms with van der Waals surface area (Å²) in [5.41, 5.74) is 1.82. The standard InChI is InChI=1S/C19H24N4O7/c1-9(2)14-15-18(21-7-20-14)23(8-22-15)19-17(29-12(5)26)16(28-11(4)25)13(30-19)6-27-10(3)24/h7-9,13,16-17,19H,6H2,1-5H3/t13-,16-,17-,19-/m1/s1. The average molecular weight is 420 g/mol. The molecule has 1 aliphatic heterocycles. The molecule has 0 spiro atoms. The molecule has 0 radical (unpaired) electrons. The van der Waals surface area contributed by atoms with Gasteiger partial charge in [-0.05, 0) is 5.92 Å². The van der Waals surface area contributed by atoms with E-state index in [2.05, 4.69) is 15.0 Å². The van der Waals surface area contributed by atoms with Gasteiger partial charge in [0.05, 0.1) is 12.0 Å². The molecule has 0 unspecified atom stereocenters. The van der Waals surface area contributed by atoms with E-state index < -0.39 is 42.4 Å². The molecule has 0 amide bonds.